The zero-order valence-corrected chi connectivity index (χ0v) is 6.43. The molecular formula is C6H6N4S. The monoisotopic (exact) mass is 166 g/mol. The lowest BCUT2D eigenvalue weighted by atomic mass is 10.1. The van der Waals surface area contributed by atoms with Gasteiger partial charge in [0.2, 0.25) is 0 Å². The molecule has 0 aromatic heterocycles. The Morgan fingerprint density at radius 3 is 3.27 bits per heavy atom. The predicted octanol–water partition coefficient (Wildman–Crippen LogP) is -0.431. The highest BCUT2D eigenvalue weighted by Crippen LogP contribution is 2.06. The summed E-state index contributed by atoms with van der Waals surface area (Å²) in [6.45, 7) is 0. The fourth-order valence-corrected chi connectivity index (χ4v) is 1.19. The third-order valence-electron chi connectivity index (χ3n) is 1.54. The molecule has 1 unspecified atom stereocenters. The molecule has 0 saturated heterocycles. The molecule has 2 aliphatic rings. The molecule has 0 radical (unpaired) electrons. The van der Waals surface area contributed by atoms with Gasteiger partial charge in [0.1, 0.15) is 16.7 Å². The molecule has 2 heterocycles. The summed E-state index contributed by atoms with van der Waals surface area (Å²) < 4.78 is 0. The second-order valence-corrected chi connectivity index (χ2v) is 2.72. The van der Waals surface area contributed by atoms with Gasteiger partial charge in [0.15, 0.2) is 5.84 Å². The van der Waals surface area contributed by atoms with E-state index in [9.17, 15) is 0 Å². The van der Waals surface area contributed by atoms with Crippen molar-refractivity contribution in [1.29, 1.82) is 0 Å². The molecule has 0 spiro atoms. The van der Waals surface area contributed by atoms with Crippen molar-refractivity contribution < 1.29 is 0 Å². The molecule has 2 aliphatic heterocycles. The zero-order chi connectivity index (χ0) is 7.84. The van der Waals surface area contributed by atoms with Crippen molar-refractivity contribution in [2.75, 3.05) is 0 Å². The lowest BCUT2D eigenvalue weighted by molar-refractivity contribution is 0.778. The molecule has 1 atom stereocenters. The van der Waals surface area contributed by atoms with E-state index in [0.717, 1.165) is 5.71 Å². The van der Waals surface area contributed by atoms with Gasteiger partial charge in [0.25, 0.3) is 0 Å². The van der Waals surface area contributed by atoms with E-state index in [-0.39, 0.29) is 6.04 Å². The van der Waals surface area contributed by atoms with Crippen LogP contribution in [0.2, 0.25) is 0 Å². The van der Waals surface area contributed by atoms with Crippen LogP contribution in [0.3, 0.4) is 0 Å². The number of hydrogen-bond donors (Lipinski definition) is 2. The highest BCUT2D eigenvalue weighted by atomic mass is 32.1. The summed E-state index contributed by atoms with van der Waals surface area (Å²) >= 11 is 4.87. The molecule has 3 N–H and O–H groups in total. The summed E-state index contributed by atoms with van der Waals surface area (Å²) in [6, 6.07) is 0.0294. The summed E-state index contributed by atoms with van der Waals surface area (Å²) in [7, 11) is 0. The number of rotatable bonds is 0. The molecule has 4 nitrogen and oxygen atoms in total. The first kappa shape index (κ1) is 6.48. The maximum absolute atomic E-state index is 5.51. The summed E-state index contributed by atoms with van der Waals surface area (Å²) in [4.78, 5) is 4.62. The lowest BCUT2D eigenvalue weighted by Gasteiger charge is -2.09. The highest BCUT2D eigenvalue weighted by molar-refractivity contribution is 7.80. The van der Waals surface area contributed by atoms with Crippen molar-refractivity contribution in [3.05, 3.63) is 12.2 Å². The van der Waals surface area contributed by atoms with E-state index < -0.39 is 0 Å². The normalized spacial score (nSPS) is 27.3. The molecular weight excluding hydrogens is 160 g/mol. The molecule has 0 amide bonds. The maximum Gasteiger partial charge on any atom is 0.167 e. The van der Waals surface area contributed by atoms with Crippen molar-refractivity contribution >= 4 is 28.8 Å². The van der Waals surface area contributed by atoms with Gasteiger partial charge in [-0.15, -0.1) is 0 Å². The van der Waals surface area contributed by atoms with Gasteiger partial charge in [-0.2, -0.15) is 5.10 Å². The number of hydrazone groups is 1. The van der Waals surface area contributed by atoms with E-state index >= 15 is 0 Å². The Bertz CT molecular complexity index is 302. The number of hydrogen-bond acceptors (Lipinski definition) is 4. The molecule has 2 rings (SSSR count). The second kappa shape index (κ2) is 2.13. The fraction of sp³-hybridized carbons (Fsp3) is 0.167. The molecule has 0 saturated carbocycles. The number of aliphatic imine (C=N–C) groups is 1. The first-order valence-electron chi connectivity index (χ1n) is 3.17. The van der Waals surface area contributed by atoms with Crippen LogP contribution in [-0.2, 0) is 0 Å². The Morgan fingerprint density at radius 1 is 1.64 bits per heavy atom. The fourth-order valence-electron chi connectivity index (χ4n) is 1.01. The highest BCUT2D eigenvalue weighted by Gasteiger charge is 2.24. The largest absolute Gasteiger partial charge is 0.381 e. The van der Waals surface area contributed by atoms with Crippen molar-refractivity contribution in [3.63, 3.8) is 0 Å². The van der Waals surface area contributed by atoms with Gasteiger partial charge >= 0.3 is 0 Å². The van der Waals surface area contributed by atoms with Crippen molar-refractivity contribution in [2.45, 2.75) is 6.04 Å². The summed E-state index contributed by atoms with van der Waals surface area (Å²) in [5, 5.41) is 3.82. The average molecular weight is 166 g/mol. The third kappa shape index (κ3) is 0.932. The van der Waals surface area contributed by atoms with Crippen LogP contribution in [0.15, 0.2) is 22.2 Å². The summed E-state index contributed by atoms with van der Waals surface area (Å²) in [6.07, 6.45) is 3.67. The van der Waals surface area contributed by atoms with Crippen LogP contribution in [0.5, 0.6) is 0 Å². The van der Waals surface area contributed by atoms with Crippen molar-refractivity contribution in [3.8, 4) is 0 Å². The van der Waals surface area contributed by atoms with Gasteiger partial charge in [-0.25, -0.2) is 4.99 Å². The third-order valence-corrected chi connectivity index (χ3v) is 1.77. The van der Waals surface area contributed by atoms with Crippen LogP contribution in [0.25, 0.3) is 0 Å². The van der Waals surface area contributed by atoms with Gasteiger partial charge in [-0.3, -0.25) is 5.43 Å². The Morgan fingerprint density at radius 2 is 2.45 bits per heavy atom. The van der Waals surface area contributed by atoms with Gasteiger partial charge in [-0.05, 0) is 6.08 Å². The maximum atomic E-state index is 5.51. The van der Waals surface area contributed by atoms with E-state index in [0.29, 0.717) is 10.8 Å². The van der Waals surface area contributed by atoms with Crippen LogP contribution in [0.4, 0.5) is 0 Å². The minimum absolute atomic E-state index is 0.0294. The number of nitrogens with one attached hydrogen (secondary N) is 1. The molecule has 11 heavy (non-hydrogen) atoms. The average Bonchev–Trinajstić information content (AvgIpc) is 2.33. The Labute approximate surface area is 68.9 Å². The molecule has 56 valence electrons. The molecule has 0 aliphatic carbocycles. The van der Waals surface area contributed by atoms with Crippen LogP contribution in [-0.4, -0.2) is 22.6 Å². The molecule has 0 aromatic carbocycles. The Balaban J connectivity index is 2.39. The summed E-state index contributed by atoms with van der Waals surface area (Å²) in [5.74, 6) is 0.432. The number of amidine groups is 1. The molecule has 5 heteroatoms. The van der Waals surface area contributed by atoms with Gasteiger partial charge in [0.05, 0.1) is 0 Å². The minimum Gasteiger partial charge on any atom is -0.381 e. The van der Waals surface area contributed by atoms with Gasteiger partial charge in [0, 0.05) is 0 Å². The predicted molar refractivity (Wildman–Crippen MR) is 47.7 cm³/mol. The van der Waals surface area contributed by atoms with E-state index in [4.69, 9.17) is 18.0 Å². The van der Waals surface area contributed by atoms with Crippen molar-refractivity contribution in [2.24, 2.45) is 15.8 Å². The number of nitrogens with two attached hydrogens (primary N) is 1. The zero-order valence-electron chi connectivity index (χ0n) is 5.61. The lowest BCUT2D eigenvalue weighted by Crippen LogP contribution is -2.33. The van der Waals surface area contributed by atoms with E-state index in [1.165, 1.54) is 0 Å². The first-order chi connectivity index (χ1) is 5.27. The van der Waals surface area contributed by atoms with Crippen LogP contribution in [0.1, 0.15) is 0 Å². The SMILES string of the molecule is NC1=NNC2C=CC(=S)N=C12. The minimum atomic E-state index is 0.0294. The molecule has 0 fully saturated rings. The number of nitrogens with zero attached hydrogens (tertiary/aromatic N) is 2. The summed E-state index contributed by atoms with van der Waals surface area (Å²) in [5.41, 5.74) is 9.06. The Kier molecular flexibility index (Phi) is 1.25. The topological polar surface area (TPSA) is 62.8 Å². The number of fused-ring (bicyclic) bond motifs is 1. The van der Waals surface area contributed by atoms with E-state index in [1.54, 1.807) is 6.08 Å². The van der Waals surface area contributed by atoms with E-state index in [1.807, 2.05) is 6.08 Å². The molecule has 0 aromatic rings. The van der Waals surface area contributed by atoms with Crippen LogP contribution < -0.4 is 11.2 Å². The molecule has 0 bridgehead atoms. The number of dihydropyridines is 1. The standard InChI is InChI=1S/C6H6N4S/c7-6-5-3(9-10-6)1-2-4(11)8-5/h1-3,9H,(H2,7,10). The van der Waals surface area contributed by atoms with Crippen LogP contribution >= 0.6 is 12.2 Å². The Hall–Kier alpha value is -1.23. The van der Waals surface area contributed by atoms with Gasteiger partial charge < -0.3 is 5.73 Å². The smallest absolute Gasteiger partial charge is 0.167 e. The second-order valence-electron chi connectivity index (χ2n) is 2.30. The van der Waals surface area contributed by atoms with Crippen molar-refractivity contribution in [1.82, 2.24) is 5.43 Å². The first-order valence-corrected chi connectivity index (χ1v) is 3.58. The number of thiocarbonyl (C=S) groups is 1. The van der Waals surface area contributed by atoms with Crippen LogP contribution in [0, 0.1) is 0 Å². The van der Waals surface area contributed by atoms with Gasteiger partial charge in [-0.1, -0.05) is 18.3 Å². The van der Waals surface area contributed by atoms with E-state index in [2.05, 4.69) is 15.5 Å². The quantitative estimate of drug-likeness (QED) is 0.480.